The van der Waals surface area contributed by atoms with E-state index in [1.54, 1.807) is 0 Å². The first-order valence-electron chi connectivity index (χ1n) is 4.57. The molecule has 1 heterocycles. The summed E-state index contributed by atoms with van der Waals surface area (Å²) in [6.07, 6.45) is 3.54. The molecule has 1 fully saturated rings. The number of likely N-dealkylation sites (N-methyl/N-ethyl adjacent to an activating group) is 1. The number of sulfone groups is 1. The Labute approximate surface area is 80.1 Å². The van der Waals surface area contributed by atoms with Gasteiger partial charge in [-0.3, -0.25) is 0 Å². The Morgan fingerprint density at radius 3 is 2.77 bits per heavy atom. The molecule has 0 aromatic heterocycles. The first-order chi connectivity index (χ1) is 6.07. The van der Waals surface area contributed by atoms with Crippen LogP contribution in [0.5, 0.6) is 0 Å². The molecule has 1 aliphatic heterocycles. The van der Waals surface area contributed by atoms with Gasteiger partial charge < -0.3 is 5.32 Å². The zero-order valence-corrected chi connectivity index (χ0v) is 8.81. The zero-order valence-electron chi connectivity index (χ0n) is 7.99. The number of hydrogen-bond donors (Lipinski definition) is 1. The molecular weight excluding hydrogens is 186 g/mol. The molecule has 3 nitrogen and oxygen atoms in total. The van der Waals surface area contributed by atoms with Crippen LogP contribution in [-0.4, -0.2) is 33.0 Å². The maximum absolute atomic E-state index is 11.2. The third-order valence-electron chi connectivity index (χ3n) is 2.57. The summed E-state index contributed by atoms with van der Waals surface area (Å²) in [7, 11) is -0.849. The van der Waals surface area contributed by atoms with Crippen LogP contribution >= 0.6 is 0 Å². The lowest BCUT2D eigenvalue weighted by Crippen LogP contribution is -2.25. The molecule has 2 atom stereocenters. The highest BCUT2D eigenvalue weighted by molar-refractivity contribution is 7.91. The van der Waals surface area contributed by atoms with Gasteiger partial charge in [0.15, 0.2) is 9.84 Å². The summed E-state index contributed by atoms with van der Waals surface area (Å²) in [5.74, 6) is 1.05. The van der Waals surface area contributed by atoms with Crippen molar-refractivity contribution in [2.24, 2.45) is 5.92 Å². The second-order valence-corrected chi connectivity index (χ2v) is 5.86. The molecule has 0 aromatic rings. The van der Waals surface area contributed by atoms with Crippen LogP contribution in [0.1, 0.15) is 12.8 Å². The molecule has 1 aliphatic rings. The van der Waals surface area contributed by atoms with Crippen molar-refractivity contribution in [3.05, 3.63) is 12.7 Å². The Morgan fingerprint density at radius 2 is 2.38 bits per heavy atom. The average molecular weight is 203 g/mol. The van der Waals surface area contributed by atoms with E-state index in [9.17, 15) is 8.42 Å². The van der Waals surface area contributed by atoms with Gasteiger partial charge in [0.2, 0.25) is 0 Å². The van der Waals surface area contributed by atoms with Gasteiger partial charge in [-0.05, 0) is 25.8 Å². The van der Waals surface area contributed by atoms with Crippen LogP contribution in [-0.2, 0) is 9.84 Å². The van der Waals surface area contributed by atoms with Gasteiger partial charge in [0.05, 0.1) is 11.5 Å². The van der Waals surface area contributed by atoms with Gasteiger partial charge in [0.1, 0.15) is 0 Å². The fourth-order valence-electron chi connectivity index (χ4n) is 1.75. The molecular formula is C9H17NO2S. The highest BCUT2D eigenvalue weighted by atomic mass is 32.2. The van der Waals surface area contributed by atoms with Gasteiger partial charge in [0, 0.05) is 6.04 Å². The third kappa shape index (κ3) is 3.12. The van der Waals surface area contributed by atoms with Gasteiger partial charge in [-0.2, -0.15) is 0 Å². The third-order valence-corrected chi connectivity index (χ3v) is 4.41. The number of rotatable bonds is 4. The number of nitrogens with one attached hydrogen (secondary N) is 1. The van der Waals surface area contributed by atoms with Crippen LogP contribution in [0, 0.1) is 5.92 Å². The van der Waals surface area contributed by atoms with Gasteiger partial charge in [-0.25, -0.2) is 8.42 Å². The summed E-state index contributed by atoms with van der Waals surface area (Å²) >= 11 is 0. The van der Waals surface area contributed by atoms with Crippen molar-refractivity contribution in [1.29, 1.82) is 0 Å². The molecule has 2 unspecified atom stereocenters. The van der Waals surface area contributed by atoms with E-state index in [-0.39, 0.29) is 6.04 Å². The zero-order chi connectivity index (χ0) is 9.90. The van der Waals surface area contributed by atoms with Crippen LogP contribution in [0.15, 0.2) is 12.7 Å². The maximum Gasteiger partial charge on any atom is 0.150 e. The minimum atomic E-state index is -2.72. The molecule has 1 saturated heterocycles. The molecule has 1 rings (SSSR count). The summed E-state index contributed by atoms with van der Waals surface area (Å²) in [5.41, 5.74) is 0. The topological polar surface area (TPSA) is 46.2 Å². The van der Waals surface area contributed by atoms with Crippen molar-refractivity contribution in [2.45, 2.75) is 18.9 Å². The van der Waals surface area contributed by atoms with Crippen molar-refractivity contribution < 1.29 is 8.42 Å². The van der Waals surface area contributed by atoms with Crippen molar-refractivity contribution in [2.75, 3.05) is 18.6 Å². The van der Waals surface area contributed by atoms with E-state index in [0.29, 0.717) is 17.4 Å². The van der Waals surface area contributed by atoms with Gasteiger partial charge in [-0.1, -0.05) is 6.08 Å². The standard InChI is InChI=1S/C9H17NO2S/c1-3-9(10-2)6-8-4-5-13(11,12)7-8/h3,8-10H,1,4-7H2,2H3. The second kappa shape index (κ2) is 4.24. The number of hydrogen-bond acceptors (Lipinski definition) is 3. The second-order valence-electron chi connectivity index (χ2n) is 3.64. The molecule has 76 valence electrons. The summed E-state index contributed by atoms with van der Waals surface area (Å²) in [6.45, 7) is 3.70. The minimum Gasteiger partial charge on any atom is -0.314 e. The van der Waals surface area contributed by atoms with Crippen molar-refractivity contribution >= 4 is 9.84 Å². The Morgan fingerprint density at radius 1 is 1.69 bits per heavy atom. The predicted molar refractivity (Wildman–Crippen MR) is 54.4 cm³/mol. The van der Waals surface area contributed by atoms with Crippen LogP contribution in [0.3, 0.4) is 0 Å². The minimum absolute atomic E-state index is 0.248. The van der Waals surface area contributed by atoms with E-state index in [0.717, 1.165) is 12.8 Å². The van der Waals surface area contributed by atoms with Crippen LogP contribution in [0.4, 0.5) is 0 Å². The summed E-state index contributed by atoms with van der Waals surface area (Å²) in [5, 5.41) is 3.09. The van der Waals surface area contributed by atoms with Crippen LogP contribution < -0.4 is 5.32 Å². The predicted octanol–water partition coefficient (Wildman–Crippen LogP) is 0.585. The van der Waals surface area contributed by atoms with E-state index in [1.807, 2.05) is 13.1 Å². The molecule has 0 aromatic carbocycles. The highest BCUT2D eigenvalue weighted by Crippen LogP contribution is 2.22. The Kier molecular flexibility index (Phi) is 3.50. The molecule has 0 radical (unpaired) electrons. The first kappa shape index (κ1) is 10.7. The van der Waals surface area contributed by atoms with Gasteiger partial charge in [-0.15, -0.1) is 6.58 Å². The largest absolute Gasteiger partial charge is 0.314 e. The van der Waals surface area contributed by atoms with E-state index < -0.39 is 9.84 Å². The van der Waals surface area contributed by atoms with E-state index >= 15 is 0 Å². The monoisotopic (exact) mass is 203 g/mol. The Balaban J connectivity index is 2.44. The molecule has 4 heteroatoms. The molecule has 0 aliphatic carbocycles. The Bertz CT molecular complexity index is 271. The van der Waals surface area contributed by atoms with Crippen LogP contribution in [0.2, 0.25) is 0 Å². The maximum atomic E-state index is 11.2. The van der Waals surface area contributed by atoms with E-state index in [1.165, 1.54) is 0 Å². The first-order valence-corrected chi connectivity index (χ1v) is 6.40. The highest BCUT2D eigenvalue weighted by Gasteiger charge is 2.28. The van der Waals surface area contributed by atoms with Crippen molar-refractivity contribution in [3.63, 3.8) is 0 Å². The fraction of sp³-hybridized carbons (Fsp3) is 0.778. The molecule has 13 heavy (non-hydrogen) atoms. The molecule has 0 bridgehead atoms. The molecule has 0 amide bonds. The summed E-state index contributed by atoms with van der Waals surface area (Å²) in [4.78, 5) is 0. The van der Waals surface area contributed by atoms with E-state index in [4.69, 9.17) is 0 Å². The molecule has 1 N–H and O–H groups in total. The van der Waals surface area contributed by atoms with Gasteiger partial charge >= 0.3 is 0 Å². The van der Waals surface area contributed by atoms with Crippen molar-refractivity contribution in [1.82, 2.24) is 5.32 Å². The quantitative estimate of drug-likeness (QED) is 0.680. The lowest BCUT2D eigenvalue weighted by Gasteiger charge is -2.14. The fourth-order valence-corrected chi connectivity index (χ4v) is 3.63. The molecule has 0 saturated carbocycles. The van der Waals surface area contributed by atoms with Crippen LogP contribution in [0.25, 0.3) is 0 Å². The smallest absolute Gasteiger partial charge is 0.150 e. The van der Waals surface area contributed by atoms with Gasteiger partial charge in [0.25, 0.3) is 0 Å². The lowest BCUT2D eigenvalue weighted by atomic mass is 10.00. The SMILES string of the molecule is C=CC(CC1CCS(=O)(=O)C1)NC. The Hall–Kier alpha value is -0.350. The summed E-state index contributed by atoms with van der Waals surface area (Å²) < 4.78 is 22.3. The average Bonchev–Trinajstić information content (AvgIpc) is 2.41. The molecule has 0 spiro atoms. The van der Waals surface area contributed by atoms with E-state index in [2.05, 4.69) is 11.9 Å². The normalized spacial score (nSPS) is 28.5. The van der Waals surface area contributed by atoms with Crippen molar-refractivity contribution in [3.8, 4) is 0 Å². The lowest BCUT2D eigenvalue weighted by molar-refractivity contribution is 0.475. The summed E-state index contributed by atoms with van der Waals surface area (Å²) in [6, 6.07) is 0.248.